The van der Waals surface area contributed by atoms with Crippen molar-refractivity contribution in [1.29, 1.82) is 0 Å². The highest BCUT2D eigenvalue weighted by Crippen LogP contribution is 2.42. The zero-order chi connectivity index (χ0) is 30.5. The summed E-state index contributed by atoms with van der Waals surface area (Å²) >= 11 is 0. The van der Waals surface area contributed by atoms with E-state index < -0.39 is 46.2 Å². The number of nitrogens with zero attached hydrogens (tertiary/aromatic N) is 1. The Labute approximate surface area is 241 Å². The minimum absolute atomic E-state index is 0.0294. The smallest absolute Gasteiger partial charge is 0.417 e. The van der Waals surface area contributed by atoms with Crippen LogP contribution < -0.4 is 10.1 Å². The molecule has 11 heteroatoms. The second-order valence-corrected chi connectivity index (χ2v) is 11.3. The number of amides is 1. The van der Waals surface area contributed by atoms with Gasteiger partial charge in [0.05, 0.1) is 29.3 Å². The first kappa shape index (κ1) is 31.8. The first-order chi connectivity index (χ1) is 19.8. The van der Waals surface area contributed by atoms with Crippen LogP contribution in [0.15, 0.2) is 42.5 Å². The Morgan fingerprint density at radius 1 is 0.929 bits per heavy atom. The Kier molecular flexibility index (Phi) is 9.90. The van der Waals surface area contributed by atoms with Gasteiger partial charge in [-0.15, -0.1) is 0 Å². The van der Waals surface area contributed by atoms with Crippen molar-refractivity contribution < 1.29 is 40.7 Å². The van der Waals surface area contributed by atoms with Crippen LogP contribution in [0.25, 0.3) is 0 Å². The van der Waals surface area contributed by atoms with Gasteiger partial charge in [-0.2, -0.15) is 26.3 Å². The maximum absolute atomic E-state index is 13.9. The van der Waals surface area contributed by atoms with E-state index >= 15 is 0 Å². The van der Waals surface area contributed by atoms with Crippen LogP contribution in [-0.2, 0) is 22.7 Å². The first-order valence-electron chi connectivity index (χ1n) is 14.3. The number of ether oxygens (including phenoxy) is 1. The van der Waals surface area contributed by atoms with Gasteiger partial charge in [0.2, 0.25) is 0 Å². The van der Waals surface area contributed by atoms with Gasteiger partial charge >= 0.3 is 12.4 Å². The van der Waals surface area contributed by atoms with E-state index in [0.717, 1.165) is 70.6 Å². The van der Waals surface area contributed by atoms with Crippen molar-refractivity contribution in [2.75, 3.05) is 20.2 Å². The summed E-state index contributed by atoms with van der Waals surface area (Å²) in [5.74, 6) is -1.44. The number of carbonyl (C=O) groups is 2. The molecule has 0 radical (unpaired) electrons. The monoisotopic (exact) mass is 598 g/mol. The lowest BCUT2D eigenvalue weighted by molar-refractivity contribution is -0.143. The van der Waals surface area contributed by atoms with Gasteiger partial charge in [0.25, 0.3) is 5.91 Å². The Morgan fingerprint density at radius 3 is 2.10 bits per heavy atom. The summed E-state index contributed by atoms with van der Waals surface area (Å²) < 4.78 is 86.7. The Balaban J connectivity index is 0.000000600. The van der Waals surface area contributed by atoms with E-state index in [2.05, 4.69) is 10.2 Å². The van der Waals surface area contributed by atoms with Crippen molar-refractivity contribution in [3.8, 4) is 5.75 Å². The van der Waals surface area contributed by atoms with Crippen LogP contribution in [0.4, 0.5) is 26.3 Å². The molecule has 42 heavy (non-hydrogen) atoms. The minimum Gasteiger partial charge on any atom is -0.496 e. The van der Waals surface area contributed by atoms with E-state index in [1.165, 1.54) is 0 Å². The fraction of sp³-hybridized carbons (Fsp3) is 0.548. The zero-order valence-electron chi connectivity index (χ0n) is 23.5. The average molecular weight is 599 g/mol. The third kappa shape index (κ3) is 7.46. The molecule has 3 aliphatic rings. The van der Waals surface area contributed by atoms with E-state index in [9.17, 15) is 35.9 Å². The molecule has 1 amide bonds. The molecule has 2 aromatic rings. The van der Waals surface area contributed by atoms with Crippen LogP contribution in [0.1, 0.15) is 91.3 Å². The minimum atomic E-state index is -5.20. The SMILES string of the molecule is COc1cc(C(F)(F)F)cc(C(F)(F)F)c1C(=O)NC1(c2ccccc2)CCCN(C2CCCC2)C1.O=C1CCCC1. The molecule has 2 saturated carbocycles. The van der Waals surface area contributed by atoms with Crippen molar-refractivity contribution in [3.63, 3.8) is 0 Å². The van der Waals surface area contributed by atoms with Crippen LogP contribution in [0.2, 0.25) is 0 Å². The second kappa shape index (κ2) is 13.1. The summed E-state index contributed by atoms with van der Waals surface area (Å²) in [6.07, 6.45) is -0.848. The van der Waals surface area contributed by atoms with Crippen LogP contribution in [0.3, 0.4) is 0 Å². The van der Waals surface area contributed by atoms with E-state index in [0.29, 0.717) is 37.3 Å². The van der Waals surface area contributed by atoms with Crippen molar-refractivity contribution in [2.45, 2.75) is 88.1 Å². The van der Waals surface area contributed by atoms with Crippen LogP contribution in [0.5, 0.6) is 5.75 Å². The number of hydrogen-bond donors (Lipinski definition) is 1. The quantitative estimate of drug-likeness (QED) is 0.362. The highest BCUT2D eigenvalue weighted by Gasteiger charge is 2.45. The molecule has 1 N–H and O–H groups in total. The van der Waals surface area contributed by atoms with Gasteiger partial charge in [-0.25, -0.2) is 0 Å². The standard InChI is InChI=1S/C26H28F6N2O2.C5H8O/c1-36-21-15-18(25(27,28)29)14-20(26(30,31)32)22(21)23(35)33-24(17-8-3-2-4-9-17)12-7-13-34(16-24)19-10-5-6-11-19;6-5-3-1-2-4-5/h2-4,8-9,14-15,19H,5-7,10-13,16H2,1H3,(H,33,35);1-4H2. The summed E-state index contributed by atoms with van der Waals surface area (Å²) in [6, 6.07) is 9.74. The molecule has 0 spiro atoms. The number of nitrogens with one attached hydrogen (secondary N) is 1. The third-order valence-corrected chi connectivity index (χ3v) is 8.39. The highest BCUT2D eigenvalue weighted by atomic mass is 19.4. The van der Waals surface area contributed by atoms with Crippen LogP contribution in [-0.4, -0.2) is 42.8 Å². The normalized spacial score (nSPS) is 22.0. The van der Waals surface area contributed by atoms with Crippen molar-refractivity contribution in [3.05, 3.63) is 64.7 Å². The van der Waals surface area contributed by atoms with Gasteiger partial charge in [0.1, 0.15) is 11.5 Å². The zero-order valence-corrected chi connectivity index (χ0v) is 23.5. The number of piperidine rings is 1. The number of halogens is 6. The van der Waals surface area contributed by atoms with Crippen molar-refractivity contribution in [2.24, 2.45) is 0 Å². The molecule has 2 aliphatic carbocycles. The molecule has 5 rings (SSSR count). The Hall–Kier alpha value is -3.08. The van der Waals surface area contributed by atoms with Gasteiger partial charge in [-0.3, -0.25) is 14.5 Å². The topological polar surface area (TPSA) is 58.6 Å². The lowest BCUT2D eigenvalue weighted by Crippen LogP contribution is -2.58. The maximum atomic E-state index is 13.9. The second-order valence-electron chi connectivity index (χ2n) is 11.3. The van der Waals surface area contributed by atoms with Crippen molar-refractivity contribution >= 4 is 11.7 Å². The molecule has 1 aliphatic heterocycles. The van der Waals surface area contributed by atoms with E-state index in [4.69, 9.17) is 4.74 Å². The molecule has 0 aromatic heterocycles. The third-order valence-electron chi connectivity index (χ3n) is 8.39. The van der Waals surface area contributed by atoms with Gasteiger partial charge in [-0.1, -0.05) is 43.2 Å². The van der Waals surface area contributed by atoms with Gasteiger partial charge < -0.3 is 10.1 Å². The number of hydrogen-bond acceptors (Lipinski definition) is 4. The van der Waals surface area contributed by atoms with Gasteiger partial charge in [0.15, 0.2) is 0 Å². The Morgan fingerprint density at radius 2 is 1.57 bits per heavy atom. The molecule has 2 aromatic carbocycles. The van der Waals surface area contributed by atoms with Gasteiger partial charge in [-0.05, 0) is 62.8 Å². The number of methoxy groups -OCH3 is 1. The van der Waals surface area contributed by atoms with Gasteiger partial charge in [0, 0.05) is 25.4 Å². The molecule has 1 heterocycles. The molecule has 1 atom stereocenters. The summed E-state index contributed by atoms with van der Waals surface area (Å²) in [6.45, 7) is 1.21. The summed E-state index contributed by atoms with van der Waals surface area (Å²) in [5, 5.41) is 2.82. The van der Waals surface area contributed by atoms with E-state index in [1.54, 1.807) is 18.2 Å². The molecule has 0 bridgehead atoms. The Bertz CT molecular complexity index is 1230. The number of Topliss-reactive ketones (excluding diaryl/α,β-unsaturated/α-hetero) is 1. The number of likely N-dealkylation sites (tertiary alicyclic amines) is 1. The first-order valence-corrected chi connectivity index (χ1v) is 14.3. The summed E-state index contributed by atoms with van der Waals surface area (Å²) in [4.78, 5) is 26.1. The average Bonchev–Trinajstić information content (AvgIpc) is 3.67. The summed E-state index contributed by atoms with van der Waals surface area (Å²) in [7, 11) is 0.946. The number of rotatable bonds is 5. The number of alkyl halides is 6. The van der Waals surface area contributed by atoms with E-state index in [-0.39, 0.29) is 6.07 Å². The molecular weight excluding hydrogens is 562 g/mol. The van der Waals surface area contributed by atoms with E-state index in [1.807, 2.05) is 12.1 Å². The molecular formula is C31H36F6N2O3. The number of carbonyl (C=O) groups excluding carboxylic acids is 2. The number of ketones is 1. The van der Waals surface area contributed by atoms with Crippen LogP contribution >= 0.6 is 0 Å². The predicted molar refractivity (Wildman–Crippen MR) is 145 cm³/mol. The molecule has 230 valence electrons. The molecule has 5 nitrogen and oxygen atoms in total. The highest BCUT2D eigenvalue weighted by molar-refractivity contribution is 5.99. The van der Waals surface area contributed by atoms with Crippen LogP contribution in [0, 0.1) is 0 Å². The maximum Gasteiger partial charge on any atom is 0.417 e. The molecule has 1 unspecified atom stereocenters. The predicted octanol–water partition coefficient (Wildman–Crippen LogP) is 7.53. The lowest BCUT2D eigenvalue weighted by Gasteiger charge is -2.46. The summed E-state index contributed by atoms with van der Waals surface area (Å²) in [5.41, 5.74) is -4.44. The fourth-order valence-corrected chi connectivity index (χ4v) is 6.28. The molecule has 1 saturated heterocycles. The fourth-order valence-electron chi connectivity index (χ4n) is 6.28. The lowest BCUT2D eigenvalue weighted by atomic mass is 9.81. The number of benzene rings is 2. The largest absolute Gasteiger partial charge is 0.496 e. The molecule has 3 fully saturated rings. The van der Waals surface area contributed by atoms with Crippen molar-refractivity contribution in [1.82, 2.24) is 10.2 Å².